The van der Waals surface area contributed by atoms with Crippen LogP contribution in [0.2, 0.25) is 0 Å². The van der Waals surface area contributed by atoms with E-state index in [9.17, 15) is 0 Å². The summed E-state index contributed by atoms with van der Waals surface area (Å²) in [6.45, 7) is 5.89. The van der Waals surface area contributed by atoms with E-state index in [-0.39, 0.29) is 12.4 Å². The van der Waals surface area contributed by atoms with Crippen LogP contribution in [0.5, 0.6) is 0 Å². The second-order valence-corrected chi connectivity index (χ2v) is 3.17. The molecule has 0 atom stereocenters. The number of rotatable bonds is 3. The molecule has 70 valence electrons. The molecule has 0 bridgehead atoms. The first-order chi connectivity index (χ1) is 5.22. The minimum Gasteiger partial charge on any atom is -0.326 e. The minimum atomic E-state index is 0. The summed E-state index contributed by atoms with van der Waals surface area (Å²) in [4.78, 5) is 0. The molecule has 0 saturated carbocycles. The lowest BCUT2D eigenvalue weighted by Gasteiger charge is -2.02. The van der Waals surface area contributed by atoms with Gasteiger partial charge in [0.25, 0.3) is 0 Å². The fourth-order valence-electron chi connectivity index (χ4n) is 0.986. The summed E-state index contributed by atoms with van der Waals surface area (Å²) in [6, 6.07) is 0. The largest absolute Gasteiger partial charge is 0.326 e. The second kappa shape index (κ2) is 5.17. The van der Waals surface area contributed by atoms with E-state index in [1.54, 1.807) is 0 Å². The van der Waals surface area contributed by atoms with Gasteiger partial charge in [0.05, 0.1) is 6.20 Å². The maximum absolute atomic E-state index is 5.44. The van der Waals surface area contributed by atoms with Crippen LogP contribution in [0, 0.1) is 5.92 Å². The lowest BCUT2D eigenvalue weighted by atomic mass is 10.2. The van der Waals surface area contributed by atoms with Gasteiger partial charge in [-0.05, 0) is 5.92 Å². The van der Waals surface area contributed by atoms with Crippen molar-refractivity contribution in [3.8, 4) is 0 Å². The molecule has 3 nitrogen and oxygen atoms in total. The van der Waals surface area contributed by atoms with Crippen molar-refractivity contribution in [1.29, 1.82) is 0 Å². The molecule has 2 N–H and O–H groups in total. The fourth-order valence-corrected chi connectivity index (χ4v) is 0.986. The Balaban J connectivity index is 0.00000121. The lowest BCUT2D eigenvalue weighted by Crippen LogP contribution is -2.04. The molecule has 0 aliphatic heterocycles. The zero-order valence-corrected chi connectivity index (χ0v) is 8.34. The molecule has 1 aromatic rings. The molecular weight excluding hydrogens is 174 g/mol. The average molecular weight is 190 g/mol. The van der Waals surface area contributed by atoms with E-state index in [2.05, 4.69) is 18.9 Å². The summed E-state index contributed by atoms with van der Waals surface area (Å²) in [5.41, 5.74) is 6.54. The third-order valence-electron chi connectivity index (χ3n) is 1.47. The van der Waals surface area contributed by atoms with Crippen LogP contribution < -0.4 is 5.73 Å². The summed E-state index contributed by atoms with van der Waals surface area (Å²) in [5.74, 6) is 0.639. The van der Waals surface area contributed by atoms with Gasteiger partial charge in [0.2, 0.25) is 0 Å². The van der Waals surface area contributed by atoms with Crippen molar-refractivity contribution >= 4 is 12.4 Å². The van der Waals surface area contributed by atoms with Crippen molar-refractivity contribution in [1.82, 2.24) is 9.78 Å². The summed E-state index contributed by atoms with van der Waals surface area (Å²) < 4.78 is 1.94. The molecule has 0 fully saturated rings. The maximum Gasteiger partial charge on any atom is 0.0534 e. The van der Waals surface area contributed by atoms with Crippen LogP contribution in [0.3, 0.4) is 0 Å². The lowest BCUT2D eigenvalue weighted by molar-refractivity contribution is 0.483. The van der Waals surface area contributed by atoms with Crippen LogP contribution in [0.4, 0.5) is 0 Å². The molecule has 0 unspecified atom stereocenters. The van der Waals surface area contributed by atoms with Crippen molar-refractivity contribution < 1.29 is 0 Å². The first-order valence-electron chi connectivity index (χ1n) is 3.93. The Kier molecular flexibility index (Phi) is 4.93. The van der Waals surface area contributed by atoms with Gasteiger partial charge in [0, 0.05) is 24.8 Å². The number of hydrogen-bond acceptors (Lipinski definition) is 2. The van der Waals surface area contributed by atoms with Crippen molar-refractivity contribution in [2.75, 3.05) is 0 Å². The monoisotopic (exact) mass is 189 g/mol. The molecule has 1 rings (SSSR count). The normalized spacial score (nSPS) is 10.0. The van der Waals surface area contributed by atoms with Crippen molar-refractivity contribution in [2.24, 2.45) is 11.7 Å². The number of aromatic nitrogens is 2. The highest BCUT2D eigenvalue weighted by Crippen LogP contribution is 2.00. The standard InChI is InChI=1S/C8H15N3.ClH/c1-7(2)5-11-6-8(3-9)4-10-11;/h4,6-7H,3,5,9H2,1-2H3;1H. The van der Waals surface area contributed by atoms with E-state index >= 15 is 0 Å². The first-order valence-corrected chi connectivity index (χ1v) is 3.93. The first kappa shape index (κ1) is 11.5. The Morgan fingerprint density at radius 2 is 2.25 bits per heavy atom. The van der Waals surface area contributed by atoms with Crippen LogP contribution in [-0.4, -0.2) is 9.78 Å². The van der Waals surface area contributed by atoms with Crippen LogP contribution in [-0.2, 0) is 13.1 Å². The predicted molar refractivity (Wildman–Crippen MR) is 52.2 cm³/mol. The van der Waals surface area contributed by atoms with Crippen LogP contribution >= 0.6 is 12.4 Å². The Hall–Kier alpha value is -0.540. The van der Waals surface area contributed by atoms with Gasteiger partial charge in [-0.3, -0.25) is 4.68 Å². The molecule has 0 aromatic carbocycles. The summed E-state index contributed by atoms with van der Waals surface area (Å²) in [6.07, 6.45) is 3.82. The topological polar surface area (TPSA) is 43.8 Å². The predicted octanol–water partition coefficient (Wildman–Crippen LogP) is 1.42. The highest BCUT2D eigenvalue weighted by molar-refractivity contribution is 5.85. The van der Waals surface area contributed by atoms with Gasteiger partial charge in [0.15, 0.2) is 0 Å². The van der Waals surface area contributed by atoms with E-state index in [4.69, 9.17) is 5.73 Å². The highest BCUT2D eigenvalue weighted by atomic mass is 35.5. The molecule has 0 aliphatic rings. The maximum atomic E-state index is 5.44. The molecule has 0 radical (unpaired) electrons. The molecule has 4 heteroatoms. The molecule has 0 aliphatic carbocycles. The Labute approximate surface area is 79.4 Å². The molecular formula is C8H16ClN3. The number of nitrogens with two attached hydrogens (primary N) is 1. The minimum absolute atomic E-state index is 0. The molecule has 1 heterocycles. The van der Waals surface area contributed by atoms with E-state index in [1.165, 1.54) is 0 Å². The molecule has 0 spiro atoms. The zero-order valence-electron chi connectivity index (χ0n) is 7.53. The number of nitrogens with zero attached hydrogens (tertiary/aromatic N) is 2. The smallest absolute Gasteiger partial charge is 0.0534 e. The Morgan fingerprint density at radius 1 is 1.58 bits per heavy atom. The average Bonchev–Trinajstić information content (AvgIpc) is 2.34. The molecule has 12 heavy (non-hydrogen) atoms. The van der Waals surface area contributed by atoms with Crippen molar-refractivity contribution in [2.45, 2.75) is 26.9 Å². The SMILES string of the molecule is CC(C)Cn1cc(CN)cn1.Cl. The third kappa shape index (κ3) is 3.24. The highest BCUT2D eigenvalue weighted by Gasteiger charge is 1.98. The zero-order chi connectivity index (χ0) is 8.27. The van der Waals surface area contributed by atoms with Crippen molar-refractivity contribution in [3.63, 3.8) is 0 Å². The van der Waals surface area contributed by atoms with Gasteiger partial charge in [-0.25, -0.2) is 0 Å². The second-order valence-electron chi connectivity index (χ2n) is 3.17. The third-order valence-corrected chi connectivity index (χ3v) is 1.47. The summed E-state index contributed by atoms with van der Waals surface area (Å²) >= 11 is 0. The summed E-state index contributed by atoms with van der Waals surface area (Å²) in [5, 5.41) is 4.16. The van der Waals surface area contributed by atoms with Gasteiger partial charge in [0.1, 0.15) is 0 Å². The number of hydrogen-bond donors (Lipinski definition) is 1. The van der Waals surface area contributed by atoms with Gasteiger partial charge >= 0.3 is 0 Å². The Morgan fingerprint density at radius 3 is 2.67 bits per heavy atom. The van der Waals surface area contributed by atoms with Gasteiger partial charge < -0.3 is 5.73 Å². The van der Waals surface area contributed by atoms with E-state index < -0.39 is 0 Å². The number of halogens is 1. The van der Waals surface area contributed by atoms with E-state index in [0.717, 1.165) is 12.1 Å². The Bertz CT molecular complexity index is 220. The van der Waals surface area contributed by atoms with Gasteiger partial charge in [-0.1, -0.05) is 13.8 Å². The van der Waals surface area contributed by atoms with Gasteiger partial charge in [-0.15, -0.1) is 12.4 Å². The molecule has 1 aromatic heterocycles. The van der Waals surface area contributed by atoms with E-state index in [1.807, 2.05) is 17.1 Å². The summed E-state index contributed by atoms with van der Waals surface area (Å²) in [7, 11) is 0. The molecule has 0 amide bonds. The van der Waals surface area contributed by atoms with Crippen LogP contribution in [0.15, 0.2) is 12.4 Å². The van der Waals surface area contributed by atoms with Crippen LogP contribution in [0.25, 0.3) is 0 Å². The quantitative estimate of drug-likeness (QED) is 0.782. The van der Waals surface area contributed by atoms with Crippen LogP contribution in [0.1, 0.15) is 19.4 Å². The van der Waals surface area contributed by atoms with E-state index in [0.29, 0.717) is 12.5 Å². The van der Waals surface area contributed by atoms with Gasteiger partial charge in [-0.2, -0.15) is 5.10 Å². The molecule has 0 saturated heterocycles. The van der Waals surface area contributed by atoms with Crippen molar-refractivity contribution in [3.05, 3.63) is 18.0 Å². The fraction of sp³-hybridized carbons (Fsp3) is 0.625.